The Kier molecular flexibility index (Phi) is 4.91. The maximum Gasteiger partial charge on any atom is 0.0950 e. The average molecular weight is 142 g/mol. The molecule has 1 atom stereocenters. The Balaban J connectivity index is 3.13. The molecule has 0 unspecified atom stereocenters. The van der Waals surface area contributed by atoms with Crippen molar-refractivity contribution in [2.45, 2.75) is 32.4 Å². The second kappa shape index (κ2) is 5.21. The van der Waals surface area contributed by atoms with E-state index in [-0.39, 0.29) is 12.1 Å². The van der Waals surface area contributed by atoms with Crippen molar-refractivity contribution in [3.8, 4) is 6.07 Å². The van der Waals surface area contributed by atoms with Crippen LogP contribution in [0.5, 0.6) is 0 Å². The van der Waals surface area contributed by atoms with Crippen LogP contribution in [0.3, 0.4) is 0 Å². The van der Waals surface area contributed by atoms with Crippen molar-refractivity contribution in [1.29, 1.82) is 5.26 Å². The first-order valence-electron chi connectivity index (χ1n) is 3.43. The van der Waals surface area contributed by atoms with E-state index < -0.39 is 0 Å². The molecule has 0 aromatic heterocycles. The highest BCUT2D eigenvalue weighted by Gasteiger charge is 1.99. The zero-order valence-corrected chi connectivity index (χ0v) is 6.50. The van der Waals surface area contributed by atoms with Crippen molar-refractivity contribution in [3.05, 3.63) is 0 Å². The Morgan fingerprint density at radius 1 is 1.60 bits per heavy atom. The lowest BCUT2D eigenvalue weighted by Gasteiger charge is -2.07. The highest BCUT2D eigenvalue weighted by atomic mass is 16.5. The zero-order chi connectivity index (χ0) is 7.98. The third kappa shape index (κ3) is 5.54. The summed E-state index contributed by atoms with van der Waals surface area (Å²) in [5.74, 6) is 0. The van der Waals surface area contributed by atoms with Gasteiger partial charge < -0.3 is 10.5 Å². The molecule has 0 fully saturated rings. The summed E-state index contributed by atoms with van der Waals surface area (Å²) in [7, 11) is 0. The summed E-state index contributed by atoms with van der Waals surface area (Å²) in [6, 6.07) is 1.56. The minimum atomic E-state index is -0.376. The molecule has 0 spiro atoms. The van der Waals surface area contributed by atoms with Crippen LogP contribution in [0.2, 0.25) is 0 Å². The van der Waals surface area contributed by atoms with Crippen molar-refractivity contribution in [2.24, 2.45) is 5.73 Å². The summed E-state index contributed by atoms with van der Waals surface area (Å²) in [5.41, 5.74) is 5.32. The van der Waals surface area contributed by atoms with Gasteiger partial charge in [0, 0.05) is 6.61 Å². The lowest BCUT2D eigenvalue weighted by atomic mass is 10.2. The first kappa shape index (κ1) is 9.41. The van der Waals surface area contributed by atoms with Gasteiger partial charge in [-0.3, -0.25) is 0 Å². The predicted molar refractivity (Wildman–Crippen MR) is 39.3 cm³/mol. The summed E-state index contributed by atoms with van der Waals surface area (Å²) < 4.78 is 5.18. The molecule has 0 aromatic rings. The van der Waals surface area contributed by atoms with Gasteiger partial charge in [-0.1, -0.05) is 0 Å². The number of nitriles is 1. The largest absolute Gasteiger partial charge is 0.379 e. The van der Waals surface area contributed by atoms with E-state index in [9.17, 15) is 0 Å². The maximum atomic E-state index is 8.27. The van der Waals surface area contributed by atoms with Crippen LogP contribution in [0, 0.1) is 11.3 Å². The van der Waals surface area contributed by atoms with Crippen LogP contribution in [0.4, 0.5) is 0 Å². The first-order chi connectivity index (χ1) is 4.66. The predicted octanol–water partition coefficient (Wildman–Crippen LogP) is 0.652. The Bertz CT molecular complexity index is 117. The lowest BCUT2D eigenvalue weighted by molar-refractivity contribution is 0.0759. The van der Waals surface area contributed by atoms with E-state index >= 15 is 0 Å². The molecule has 3 nitrogen and oxygen atoms in total. The lowest BCUT2D eigenvalue weighted by Crippen LogP contribution is -2.20. The maximum absolute atomic E-state index is 8.27. The van der Waals surface area contributed by atoms with E-state index in [4.69, 9.17) is 15.7 Å². The van der Waals surface area contributed by atoms with Gasteiger partial charge in [-0.15, -0.1) is 0 Å². The zero-order valence-electron chi connectivity index (χ0n) is 6.50. The molecule has 58 valence electrons. The molecular formula is C7H14N2O. The molecule has 0 amide bonds. The Morgan fingerprint density at radius 2 is 2.20 bits per heavy atom. The minimum Gasteiger partial charge on any atom is -0.379 e. The van der Waals surface area contributed by atoms with Crippen LogP contribution in [0.25, 0.3) is 0 Å². The first-order valence-corrected chi connectivity index (χ1v) is 3.43. The van der Waals surface area contributed by atoms with Gasteiger partial charge in [0.1, 0.15) is 0 Å². The van der Waals surface area contributed by atoms with E-state index in [1.54, 1.807) is 0 Å². The summed E-state index contributed by atoms with van der Waals surface area (Å²) in [4.78, 5) is 0. The normalized spacial score (nSPS) is 13.1. The van der Waals surface area contributed by atoms with Crippen molar-refractivity contribution in [1.82, 2.24) is 0 Å². The van der Waals surface area contributed by atoms with E-state index in [0.717, 1.165) is 0 Å². The van der Waals surface area contributed by atoms with Crippen LogP contribution in [0.15, 0.2) is 0 Å². The Labute approximate surface area is 61.8 Å². The molecule has 0 rings (SSSR count). The summed E-state index contributed by atoms with van der Waals surface area (Å²) in [5, 5.41) is 8.27. The van der Waals surface area contributed by atoms with Gasteiger partial charge in [0.25, 0.3) is 0 Å². The van der Waals surface area contributed by atoms with Gasteiger partial charge in [-0.2, -0.15) is 5.26 Å². The van der Waals surface area contributed by atoms with Crippen molar-refractivity contribution < 1.29 is 4.74 Å². The van der Waals surface area contributed by atoms with Crippen LogP contribution < -0.4 is 5.73 Å². The van der Waals surface area contributed by atoms with E-state index in [0.29, 0.717) is 13.0 Å². The third-order valence-corrected chi connectivity index (χ3v) is 1.05. The van der Waals surface area contributed by atoms with Gasteiger partial charge >= 0.3 is 0 Å². The topological polar surface area (TPSA) is 59.0 Å². The van der Waals surface area contributed by atoms with Gasteiger partial charge in [-0.25, -0.2) is 0 Å². The fourth-order valence-electron chi connectivity index (χ4n) is 0.495. The van der Waals surface area contributed by atoms with Gasteiger partial charge in [-0.05, 0) is 20.3 Å². The van der Waals surface area contributed by atoms with Crippen LogP contribution in [-0.4, -0.2) is 18.8 Å². The fourth-order valence-corrected chi connectivity index (χ4v) is 0.495. The van der Waals surface area contributed by atoms with Crippen LogP contribution >= 0.6 is 0 Å². The van der Waals surface area contributed by atoms with Gasteiger partial charge in [0.2, 0.25) is 0 Å². The van der Waals surface area contributed by atoms with Crippen molar-refractivity contribution in [2.75, 3.05) is 6.61 Å². The van der Waals surface area contributed by atoms with Crippen molar-refractivity contribution >= 4 is 0 Å². The molecule has 2 N–H and O–H groups in total. The molecule has 0 bridgehead atoms. The molecule has 0 aliphatic carbocycles. The number of nitrogens with zero attached hydrogens (tertiary/aromatic N) is 1. The minimum absolute atomic E-state index is 0.228. The monoisotopic (exact) mass is 142 g/mol. The van der Waals surface area contributed by atoms with Crippen LogP contribution in [-0.2, 0) is 4.74 Å². The number of ether oxygens (including phenoxy) is 1. The summed E-state index contributed by atoms with van der Waals surface area (Å²) in [6.45, 7) is 4.49. The Morgan fingerprint density at radius 3 is 2.60 bits per heavy atom. The molecule has 0 heterocycles. The molecule has 0 aliphatic heterocycles. The molecule has 0 aliphatic rings. The van der Waals surface area contributed by atoms with Crippen molar-refractivity contribution in [3.63, 3.8) is 0 Å². The molecular weight excluding hydrogens is 128 g/mol. The van der Waals surface area contributed by atoms with Gasteiger partial charge in [0.15, 0.2) is 0 Å². The molecule has 0 aromatic carbocycles. The molecule has 0 saturated heterocycles. The highest BCUT2D eigenvalue weighted by Crippen LogP contribution is 1.92. The number of hydrogen-bond donors (Lipinski definition) is 1. The summed E-state index contributed by atoms with van der Waals surface area (Å²) >= 11 is 0. The fraction of sp³-hybridized carbons (Fsp3) is 0.857. The second-order valence-corrected chi connectivity index (χ2v) is 2.44. The molecule has 3 heteroatoms. The number of nitrogens with two attached hydrogens (primary N) is 1. The second-order valence-electron chi connectivity index (χ2n) is 2.44. The number of hydrogen-bond acceptors (Lipinski definition) is 3. The highest BCUT2D eigenvalue weighted by molar-refractivity contribution is 4.85. The summed E-state index contributed by atoms with van der Waals surface area (Å²) in [6.07, 6.45) is 0.847. The molecule has 10 heavy (non-hydrogen) atoms. The van der Waals surface area contributed by atoms with E-state index in [1.807, 2.05) is 19.9 Å². The Hall–Kier alpha value is -0.590. The van der Waals surface area contributed by atoms with E-state index in [2.05, 4.69) is 0 Å². The smallest absolute Gasteiger partial charge is 0.0950 e. The molecule has 0 radical (unpaired) electrons. The van der Waals surface area contributed by atoms with Crippen LogP contribution in [0.1, 0.15) is 20.3 Å². The third-order valence-electron chi connectivity index (χ3n) is 1.05. The molecule has 0 saturated carbocycles. The van der Waals surface area contributed by atoms with E-state index in [1.165, 1.54) is 0 Å². The standard InChI is InChI=1S/C7H14N2O/c1-6(2)10-4-3-7(9)5-8/h6-7H,3-4,9H2,1-2H3/t7-/m1/s1. The SMILES string of the molecule is CC(C)OCC[C@@H](N)C#N. The average Bonchev–Trinajstić information content (AvgIpc) is 1.87. The van der Waals surface area contributed by atoms with Gasteiger partial charge in [0.05, 0.1) is 18.2 Å². The number of rotatable bonds is 4. The quantitative estimate of drug-likeness (QED) is 0.627.